The molecule has 0 aliphatic rings. The van der Waals surface area contributed by atoms with E-state index >= 15 is 0 Å². The summed E-state index contributed by atoms with van der Waals surface area (Å²) in [4.78, 5) is 3.00. The molecule has 1 heterocycles. The van der Waals surface area contributed by atoms with Gasteiger partial charge in [-0.25, -0.2) is 13.0 Å². The van der Waals surface area contributed by atoms with Gasteiger partial charge in [0.25, 0.3) is 0 Å². The zero-order valence-electron chi connectivity index (χ0n) is 9.14. The molecule has 5 nitrogen and oxygen atoms in total. The van der Waals surface area contributed by atoms with Gasteiger partial charge in [0, 0.05) is 5.75 Å². The predicted octanol–water partition coefficient (Wildman–Crippen LogP) is 0.654. The molecular formula is C9H18N2O3S. The summed E-state index contributed by atoms with van der Waals surface area (Å²) in [6.45, 7) is 4.65. The van der Waals surface area contributed by atoms with Gasteiger partial charge in [0.05, 0.1) is 16.7 Å². The van der Waals surface area contributed by atoms with Crippen molar-refractivity contribution in [3.63, 3.8) is 0 Å². The van der Waals surface area contributed by atoms with Crippen LogP contribution in [-0.4, -0.2) is 23.7 Å². The number of hydrogen-bond acceptors (Lipinski definition) is 3. The van der Waals surface area contributed by atoms with Crippen LogP contribution < -0.4 is 4.57 Å². The maximum atomic E-state index is 9.44. The molecule has 0 aliphatic carbocycles. The lowest BCUT2D eigenvalue weighted by Gasteiger charge is -1.97. The van der Waals surface area contributed by atoms with Crippen LogP contribution >= 0.6 is 0 Å². The van der Waals surface area contributed by atoms with Gasteiger partial charge in [-0.15, -0.1) is 0 Å². The number of rotatable bonds is 4. The molecule has 15 heavy (non-hydrogen) atoms. The topological polar surface area (TPSA) is 76.9 Å². The molecule has 0 amide bonds. The third-order valence-electron chi connectivity index (χ3n) is 1.73. The first-order valence-electron chi connectivity index (χ1n) is 4.95. The number of aromatic nitrogens is 2. The van der Waals surface area contributed by atoms with E-state index in [0.717, 1.165) is 6.54 Å². The zero-order chi connectivity index (χ0) is 11.7. The third kappa shape index (κ3) is 9.42. The molecule has 1 rings (SSSR count). The third-order valence-corrected chi connectivity index (χ3v) is 2.43. The van der Waals surface area contributed by atoms with E-state index in [1.54, 1.807) is 0 Å². The molecule has 88 valence electrons. The van der Waals surface area contributed by atoms with Crippen molar-refractivity contribution in [1.82, 2.24) is 4.98 Å². The van der Waals surface area contributed by atoms with Gasteiger partial charge < -0.3 is 4.55 Å². The Morgan fingerprint density at radius 2 is 2.00 bits per heavy atom. The minimum atomic E-state index is -3.91. The molecule has 0 spiro atoms. The fourth-order valence-corrected chi connectivity index (χ4v) is 0.800. The molecule has 0 bridgehead atoms. The lowest BCUT2D eigenvalue weighted by molar-refractivity contribution is -0.696. The highest BCUT2D eigenvalue weighted by Crippen LogP contribution is 1.84. The fourth-order valence-electron chi connectivity index (χ4n) is 0.800. The Labute approximate surface area is 90.9 Å². The van der Waals surface area contributed by atoms with Crippen molar-refractivity contribution < 1.29 is 17.5 Å². The number of imidazole rings is 1. The number of nitrogens with one attached hydrogen (secondary N) is 1. The predicted molar refractivity (Wildman–Crippen MR) is 56.1 cm³/mol. The molecule has 0 aromatic carbocycles. The zero-order valence-corrected chi connectivity index (χ0v) is 9.96. The molecule has 1 N–H and O–H groups in total. The fraction of sp³-hybridized carbons (Fsp3) is 0.667. The van der Waals surface area contributed by atoms with Gasteiger partial charge in [-0.1, -0.05) is 20.3 Å². The van der Waals surface area contributed by atoms with Crippen LogP contribution in [0, 0.1) is 0 Å². The summed E-state index contributed by atoms with van der Waals surface area (Å²) in [5, 5.41) is 0. The highest BCUT2D eigenvalue weighted by Gasteiger charge is 1.92. The van der Waals surface area contributed by atoms with Crippen molar-refractivity contribution in [2.75, 3.05) is 5.75 Å². The molecule has 6 heteroatoms. The summed E-state index contributed by atoms with van der Waals surface area (Å²) in [6.07, 6.45) is 8.50. The second-order valence-corrected chi connectivity index (χ2v) is 4.74. The van der Waals surface area contributed by atoms with E-state index in [1.165, 1.54) is 19.8 Å². The Bertz CT molecular complexity index is 332. The smallest absolute Gasteiger partial charge is 0.241 e. The number of nitrogens with zero attached hydrogens (tertiary/aromatic N) is 1. The van der Waals surface area contributed by atoms with Crippen molar-refractivity contribution in [3.05, 3.63) is 18.7 Å². The van der Waals surface area contributed by atoms with Crippen LogP contribution in [0.4, 0.5) is 0 Å². The summed E-state index contributed by atoms with van der Waals surface area (Å²) in [7, 11) is -3.91. The van der Waals surface area contributed by atoms with Gasteiger partial charge in [-0.3, -0.25) is 4.98 Å². The first kappa shape index (κ1) is 14.1. The molecule has 1 aromatic rings. The summed E-state index contributed by atoms with van der Waals surface area (Å²) in [5.74, 6) is -0.312. The Kier molecular flexibility index (Phi) is 6.98. The number of H-pyrrole nitrogens is 1. The van der Waals surface area contributed by atoms with Crippen LogP contribution in [0.1, 0.15) is 26.7 Å². The summed E-state index contributed by atoms with van der Waals surface area (Å²) >= 11 is 0. The van der Waals surface area contributed by atoms with Gasteiger partial charge in [-0.2, -0.15) is 0 Å². The van der Waals surface area contributed by atoms with E-state index in [0.29, 0.717) is 0 Å². The second-order valence-electron chi connectivity index (χ2n) is 3.05. The number of hydrogen-bond donors (Lipinski definition) is 1. The highest BCUT2D eigenvalue weighted by atomic mass is 32.2. The van der Waals surface area contributed by atoms with Crippen LogP contribution in [0.5, 0.6) is 0 Å². The first-order chi connectivity index (χ1) is 6.99. The molecule has 0 saturated heterocycles. The molecule has 0 saturated carbocycles. The monoisotopic (exact) mass is 234 g/mol. The van der Waals surface area contributed by atoms with Crippen molar-refractivity contribution in [3.8, 4) is 0 Å². The Balaban J connectivity index is 0.000000288. The van der Waals surface area contributed by atoms with E-state index in [9.17, 15) is 13.0 Å². The van der Waals surface area contributed by atoms with E-state index in [1.807, 2.05) is 12.5 Å². The Hall–Kier alpha value is -0.880. The maximum Gasteiger partial charge on any atom is 0.241 e. The molecule has 0 aliphatic heterocycles. The van der Waals surface area contributed by atoms with E-state index < -0.39 is 10.1 Å². The van der Waals surface area contributed by atoms with Gasteiger partial charge >= 0.3 is 0 Å². The molecule has 0 atom stereocenters. The van der Waals surface area contributed by atoms with Crippen molar-refractivity contribution in [1.29, 1.82) is 0 Å². The van der Waals surface area contributed by atoms with Crippen LogP contribution in [0.3, 0.4) is 0 Å². The van der Waals surface area contributed by atoms with Crippen LogP contribution in [-0.2, 0) is 16.7 Å². The van der Waals surface area contributed by atoms with Gasteiger partial charge in [0.2, 0.25) is 6.33 Å². The van der Waals surface area contributed by atoms with Gasteiger partial charge in [0.15, 0.2) is 0 Å². The quantitative estimate of drug-likeness (QED) is 0.614. The van der Waals surface area contributed by atoms with Crippen LogP contribution in [0.15, 0.2) is 18.7 Å². The van der Waals surface area contributed by atoms with Crippen molar-refractivity contribution in [2.24, 2.45) is 0 Å². The number of unbranched alkanes of at least 4 members (excludes halogenated alkanes) is 1. The molecular weight excluding hydrogens is 216 g/mol. The standard InChI is InChI=1S/C7H12N2.C2H6O3S/c1-2-3-5-9-6-4-8-7-9;1-2-6(3,4)5/h4,6-7H,2-3,5H2,1H3;2H2,1H3,(H,3,4,5). The minimum absolute atomic E-state index is 0.312. The van der Waals surface area contributed by atoms with Crippen LogP contribution in [0.2, 0.25) is 0 Å². The first-order valence-corrected chi connectivity index (χ1v) is 6.52. The van der Waals surface area contributed by atoms with E-state index in [-0.39, 0.29) is 5.75 Å². The lowest BCUT2D eigenvalue weighted by atomic mass is 10.3. The summed E-state index contributed by atoms with van der Waals surface area (Å²) in [5.41, 5.74) is 0. The van der Waals surface area contributed by atoms with Crippen molar-refractivity contribution >= 4 is 10.1 Å². The Morgan fingerprint density at radius 3 is 2.33 bits per heavy atom. The lowest BCUT2D eigenvalue weighted by Crippen LogP contribution is -2.29. The molecule has 0 radical (unpaired) electrons. The van der Waals surface area contributed by atoms with Crippen LogP contribution in [0.25, 0.3) is 0 Å². The highest BCUT2D eigenvalue weighted by molar-refractivity contribution is 7.85. The van der Waals surface area contributed by atoms with Gasteiger partial charge in [-0.05, 0) is 6.42 Å². The maximum absolute atomic E-state index is 9.44. The molecule has 0 fully saturated rings. The SMILES string of the molecule is CCCC[n+]1cc[nH]c1.CCS(=O)(=O)[O-]. The van der Waals surface area contributed by atoms with Crippen molar-refractivity contribution in [2.45, 2.75) is 33.2 Å². The second kappa shape index (κ2) is 7.42. The minimum Gasteiger partial charge on any atom is -0.748 e. The normalized spacial score (nSPS) is 10.6. The summed E-state index contributed by atoms with van der Waals surface area (Å²) in [6, 6.07) is 0. The Morgan fingerprint density at radius 1 is 1.40 bits per heavy atom. The van der Waals surface area contributed by atoms with Gasteiger partial charge in [0.1, 0.15) is 12.4 Å². The van der Waals surface area contributed by atoms with E-state index in [2.05, 4.69) is 22.7 Å². The average Bonchev–Trinajstić information content (AvgIpc) is 2.67. The molecule has 0 unspecified atom stereocenters. The van der Waals surface area contributed by atoms with E-state index in [4.69, 9.17) is 0 Å². The molecule has 1 aromatic heterocycles. The number of aromatic amines is 1. The summed E-state index contributed by atoms with van der Waals surface area (Å²) < 4.78 is 30.5. The number of aryl methyl sites for hydroxylation is 1. The largest absolute Gasteiger partial charge is 0.748 e. The average molecular weight is 234 g/mol.